The molecule has 0 bridgehead atoms. The zero-order valence-electron chi connectivity index (χ0n) is 12.3. The summed E-state index contributed by atoms with van der Waals surface area (Å²) in [5.41, 5.74) is 1.28. The largest absolute Gasteiger partial charge is 0.492 e. The van der Waals surface area contributed by atoms with E-state index in [9.17, 15) is 0 Å². The zero-order valence-corrected chi connectivity index (χ0v) is 13.1. The molecule has 0 aliphatic carbocycles. The summed E-state index contributed by atoms with van der Waals surface area (Å²) in [5, 5.41) is 4.09. The maximum Gasteiger partial charge on any atom is 0.124 e. The highest BCUT2D eigenvalue weighted by molar-refractivity contribution is 8.00. The van der Waals surface area contributed by atoms with Crippen molar-refractivity contribution in [1.82, 2.24) is 5.32 Å². The van der Waals surface area contributed by atoms with Gasteiger partial charge in [0.25, 0.3) is 0 Å². The lowest BCUT2D eigenvalue weighted by Gasteiger charge is -2.34. The Morgan fingerprint density at radius 1 is 1.10 bits per heavy atom. The summed E-state index contributed by atoms with van der Waals surface area (Å²) in [5.74, 6) is 1.02. The number of thioether (sulfide) groups is 1. The molecule has 0 amide bonds. The first kappa shape index (κ1) is 14.5. The Morgan fingerprint density at radius 3 is 2.67 bits per heavy atom. The third kappa shape index (κ3) is 3.42. The van der Waals surface area contributed by atoms with Gasteiger partial charge in [0.15, 0.2) is 0 Å². The third-order valence-corrected chi connectivity index (χ3v) is 4.93. The van der Waals surface area contributed by atoms with Crippen LogP contribution >= 0.6 is 11.8 Å². The Kier molecular flexibility index (Phi) is 4.84. The van der Waals surface area contributed by atoms with Gasteiger partial charge in [0.1, 0.15) is 12.4 Å². The normalized spacial score (nSPS) is 20.6. The number of nitrogens with one attached hydrogen (secondary N) is 1. The van der Waals surface area contributed by atoms with Gasteiger partial charge in [-0.05, 0) is 31.2 Å². The molecule has 1 N–H and O–H groups in total. The molecule has 2 aromatic carbocycles. The van der Waals surface area contributed by atoms with Crippen LogP contribution in [-0.4, -0.2) is 18.4 Å². The van der Waals surface area contributed by atoms with Crippen LogP contribution in [0.2, 0.25) is 0 Å². The Hall–Kier alpha value is -1.45. The van der Waals surface area contributed by atoms with Crippen molar-refractivity contribution in [3.63, 3.8) is 0 Å². The first-order valence-electron chi connectivity index (χ1n) is 7.55. The maximum absolute atomic E-state index is 5.96. The van der Waals surface area contributed by atoms with Gasteiger partial charge in [0.2, 0.25) is 0 Å². The fraction of sp³-hybridized carbons (Fsp3) is 0.333. The summed E-state index contributed by atoms with van der Waals surface area (Å²) < 4.78 is 5.96. The second-order valence-corrected chi connectivity index (χ2v) is 6.56. The van der Waals surface area contributed by atoms with E-state index in [1.807, 2.05) is 17.8 Å². The lowest BCUT2D eigenvalue weighted by Crippen LogP contribution is -2.37. The van der Waals surface area contributed by atoms with Crippen LogP contribution in [0.4, 0.5) is 0 Å². The Bertz CT molecular complexity index is 572. The average Bonchev–Trinajstić information content (AvgIpc) is 2.55. The SMILES string of the molecule is CCCNC1c2ccccc2OCC1Sc1ccccc1. The first-order valence-corrected chi connectivity index (χ1v) is 8.43. The summed E-state index contributed by atoms with van der Waals surface area (Å²) in [7, 11) is 0. The van der Waals surface area contributed by atoms with Gasteiger partial charge in [-0.25, -0.2) is 0 Å². The second-order valence-electron chi connectivity index (χ2n) is 5.25. The monoisotopic (exact) mass is 299 g/mol. The predicted octanol–water partition coefficient (Wildman–Crippen LogP) is 4.28. The highest BCUT2D eigenvalue weighted by atomic mass is 32.2. The molecule has 2 aromatic rings. The number of ether oxygens (including phenoxy) is 1. The Balaban J connectivity index is 1.82. The molecule has 21 heavy (non-hydrogen) atoms. The van der Waals surface area contributed by atoms with Gasteiger partial charge in [-0.3, -0.25) is 0 Å². The molecule has 0 aromatic heterocycles. The molecule has 2 unspecified atom stereocenters. The van der Waals surface area contributed by atoms with Crippen molar-refractivity contribution in [2.24, 2.45) is 0 Å². The minimum absolute atomic E-state index is 0.347. The predicted molar refractivity (Wildman–Crippen MR) is 89.1 cm³/mol. The van der Waals surface area contributed by atoms with Crippen LogP contribution in [0.1, 0.15) is 24.9 Å². The van der Waals surface area contributed by atoms with Crippen molar-refractivity contribution in [2.75, 3.05) is 13.2 Å². The molecule has 1 aliphatic rings. The summed E-state index contributed by atoms with van der Waals surface area (Å²) in [6.07, 6.45) is 1.14. The van der Waals surface area contributed by atoms with E-state index in [-0.39, 0.29) is 0 Å². The van der Waals surface area contributed by atoms with Crippen molar-refractivity contribution in [3.8, 4) is 5.75 Å². The average molecular weight is 299 g/mol. The molecule has 110 valence electrons. The smallest absolute Gasteiger partial charge is 0.124 e. The molecule has 0 radical (unpaired) electrons. The van der Waals surface area contributed by atoms with Crippen molar-refractivity contribution < 1.29 is 4.74 Å². The minimum atomic E-state index is 0.347. The van der Waals surface area contributed by atoms with Crippen molar-refractivity contribution in [1.29, 1.82) is 0 Å². The van der Waals surface area contributed by atoms with Gasteiger partial charge in [-0.1, -0.05) is 43.3 Å². The van der Waals surface area contributed by atoms with Crippen molar-refractivity contribution >= 4 is 11.8 Å². The fourth-order valence-electron chi connectivity index (χ4n) is 2.65. The minimum Gasteiger partial charge on any atom is -0.492 e. The number of hydrogen-bond donors (Lipinski definition) is 1. The molecule has 1 aliphatic heterocycles. The number of fused-ring (bicyclic) bond motifs is 1. The number of benzene rings is 2. The molecular weight excluding hydrogens is 278 g/mol. The van der Waals surface area contributed by atoms with Gasteiger partial charge >= 0.3 is 0 Å². The molecule has 0 saturated carbocycles. The van der Waals surface area contributed by atoms with Crippen LogP contribution in [0.3, 0.4) is 0 Å². The molecule has 2 nitrogen and oxygen atoms in total. The molecule has 3 rings (SSSR count). The van der Waals surface area contributed by atoms with Gasteiger partial charge < -0.3 is 10.1 Å². The lowest BCUT2D eigenvalue weighted by atomic mass is 10.00. The molecule has 2 atom stereocenters. The van der Waals surface area contributed by atoms with E-state index in [0.29, 0.717) is 11.3 Å². The summed E-state index contributed by atoms with van der Waals surface area (Å²) in [4.78, 5) is 1.30. The van der Waals surface area contributed by atoms with Gasteiger partial charge in [0, 0.05) is 10.5 Å². The Morgan fingerprint density at radius 2 is 1.86 bits per heavy atom. The van der Waals surface area contributed by atoms with E-state index < -0.39 is 0 Å². The second kappa shape index (κ2) is 7.01. The van der Waals surface area contributed by atoms with Crippen molar-refractivity contribution in [2.45, 2.75) is 29.5 Å². The molecule has 0 spiro atoms. The van der Waals surface area contributed by atoms with Gasteiger partial charge in [0.05, 0.1) is 11.3 Å². The number of para-hydroxylation sites is 1. The topological polar surface area (TPSA) is 21.3 Å². The van der Waals surface area contributed by atoms with E-state index >= 15 is 0 Å². The van der Waals surface area contributed by atoms with E-state index in [2.05, 4.69) is 60.8 Å². The Labute approximate surface area is 130 Å². The molecule has 0 fully saturated rings. The summed E-state index contributed by atoms with van der Waals surface area (Å²) >= 11 is 1.90. The first-order chi connectivity index (χ1) is 10.4. The highest BCUT2D eigenvalue weighted by Crippen LogP contribution is 2.39. The van der Waals surface area contributed by atoms with Crippen molar-refractivity contribution in [3.05, 3.63) is 60.2 Å². The van der Waals surface area contributed by atoms with Crippen LogP contribution in [0, 0.1) is 0 Å². The molecular formula is C18H21NOS. The third-order valence-electron chi connectivity index (χ3n) is 3.67. The van der Waals surface area contributed by atoms with E-state index in [1.165, 1.54) is 10.5 Å². The van der Waals surface area contributed by atoms with Crippen LogP contribution < -0.4 is 10.1 Å². The molecule has 1 heterocycles. The molecule has 3 heteroatoms. The highest BCUT2D eigenvalue weighted by Gasteiger charge is 2.30. The van der Waals surface area contributed by atoms with Crippen LogP contribution in [0.5, 0.6) is 5.75 Å². The molecule has 0 saturated heterocycles. The summed E-state index contributed by atoms with van der Waals surface area (Å²) in [6.45, 7) is 3.99. The van der Waals surface area contributed by atoms with Gasteiger partial charge in [-0.2, -0.15) is 0 Å². The van der Waals surface area contributed by atoms with E-state index in [1.54, 1.807) is 0 Å². The number of rotatable bonds is 5. The maximum atomic E-state index is 5.96. The summed E-state index contributed by atoms with van der Waals surface area (Å²) in [6, 6.07) is 19.3. The number of hydrogen-bond acceptors (Lipinski definition) is 3. The standard InChI is InChI=1S/C18H21NOS/c1-2-12-19-18-15-10-6-7-11-16(15)20-13-17(18)21-14-8-4-3-5-9-14/h3-11,17-19H,2,12-13H2,1H3. The lowest BCUT2D eigenvalue weighted by molar-refractivity contribution is 0.260. The fourth-order valence-corrected chi connectivity index (χ4v) is 3.83. The van der Waals surface area contributed by atoms with Crippen LogP contribution in [-0.2, 0) is 0 Å². The van der Waals surface area contributed by atoms with Crippen LogP contribution in [0.15, 0.2) is 59.5 Å². The van der Waals surface area contributed by atoms with E-state index in [4.69, 9.17) is 4.74 Å². The van der Waals surface area contributed by atoms with Gasteiger partial charge in [-0.15, -0.1) is 11.8 Å². The quantitative estimate of drug-likeness (QED) is 0.890. The van der Waals surface area contributed by atoms with E-state index in [0.717, 1.165) is 25.3 Å². The zero-order chi connectivity index (χ0) is 14.5. The van der Waals surface area contributed by atoms with Crippen LogP contribution in [0.25, 0.3) is 0 Å².